The minimum absolute atomic E-state index is 0.0342. The van der Waals surface area contributed by atoms with Crippen LogP contribution in [0.1, 0.15) is 31.2 Å². The van der Waals surface area contributed by atoms with Crippen molar-refractivity contribution in [3.8, 4) is 0 Å². The van der Waals surface area contributed by atoms with Gasteiger partial charge in [0.1, 0.15) is 4.90 Å². The Morgan fingerprint density at radius 3 is 2.62 bits per heavy atom. The van der Waals surface area contributed by atoms with Crippen LogP contribution in [0.2, 0.25) is 0 Å². The average Bonchev–Trinajstić information content (AvgIpc) is 2.90. The number of carboxylic acid groups (broad SMARTS) is 1. The normalized spacial score (nSPS) is 18.9. The summed E-state index contributed by atoms with van der Waals surface area (Å²) in [6.45, 7) is 1.45. The lowest BCUT2D eigenvalue weighted by molar-refractivity contribution is -0.137. The number of nitrogens with one attached hydrogen (secondary N) is 1. The molecule has 2 heterocycles. The predicted octanol–water partition coefficient (Wildman–Crippen LogP) is 0.829. The summed E-state index contributed by atoms with van der Waals surface area (Å²) in [5, 5.41) is 11.4. The summed E-state index contributed by atoms with van der Waals surface area (Å²) < 4.78 is 28.2. The summed E-state index contributed by atoms with van der Waals surface area (Å²) in [6.07, 6.45) is 1.65. The largest absolute Gasteiger partial charge is 0.481 e. The van der Waals surface area contributed by atoms with Crippen LogP contribution in [0.4, 0.5) is 0 Å². The molecule has 8 nitrogen and oxygen atoms in total. The molecule has 1 amide bonds. The van der Waals surface area contributed by atoms with Gasteiger partial charge in [-0.25, -0.2) is 0 Å². The van der Waals surface area contributed by atoms with Crippen LogP contribution in [0.15, 0.2) is 33.6 Å². The van der Waals surface area contributed by atoms with E-state index in [2.05, 4.69) is 9.71 Å². The summed E-state index contributed by atoms with van der Waals surface area (Å²) in [5.74, 6) is -0.637. The van der Waals surface area contributed by atoms with Crippen LogP contribution in [-0.4, -0.2) is 55.8 Å². The van der Waals surface area contributed by atoms with Crippen molar-refractivity contribution in [1.82, 2.24) is 10.2 Å². The van der Waals surface area contributed by atoms with Gasteiger partial charge in [-0.05, 0) is 31.4 Å². The second kappa shape index (κ2) is 7.45. The van der Waals surface area contributed by atoms with Gasteiger partial charge in [0.15, 0.2) is 5.84 Å². The first kappa shape index (κ1) is 18.4. The summed E-state index contributed by atoms with van der Waals surface area (Å²) >= 11 is 0. The smallest absolute Gasteiger partial charge is 0.303 e. The van der Waals surface area contributed by atoms with Crippen molar-refractivity contribution in [1.29, 1.82) is 0 Å². The number of benzene rings is 1. The molecule has 140 valence electrons. The molecule has 26 heavy (non-hydrogen) atoms. The van der Waals surface area contributed by atoms with Gasteiger partial charge < -0.3 is 15.3 Å². The van der Waals surface area contributed by atoms with Gasteiger partial charge in [-0.15, -0.1) is 4.40 Å². The fraction of sp³-hybridized carbons (Fsp3) is 0.471. The standard InChI is InChI=1S/C17H21N3O5S/c21-15(22)6-3-9-18-17(23)12-7-10-20(11-8-12)16-13-4-1-2-5-14(13)26(24,25)19-16/h1-2,4-5,12H,3,6-11H2,(H,18,23)(H,21,22). The zero-order valence-corrected chi connectivity index (χ0v) is 15.0. The third-order valence-corrected chi connectivity index (χ3v) is 5.97. The topological polar surface area (TPSA) is 116 Å². The van der Waals surface area contributed by atoms with Crippen molar-refractivity contribution < 1.29 is 23.1 Å². The first-order valence-electron chi connectivity index (χ1n) is 8.57. The van der Waals surface area contributed by atoms with Crippen LogP contribution >= 0.6 is 0 Å². The number of hydrogen-bond acceptors (Lipinski definition) is 5. The monoisotopic (exact) mass is 379 g/mol. The zero-order chi connectivity index (χ0) is 18.7. The Morgan fingerprint density at radius 1 is 1.23 bits per heavy atom. The molecule has 0 unspecified atom stereocenters. The average molecular weight is 379 g/mol. The maximum atomic E-state index is 12.2. The number of sulfonamides is 1. The Hall–Kier alpha value is -2.42. The number of piperidine rings is 1. The molecule has 0 radical (unpaired) electrons. The number of carbonyl (C=O) groups is 2. The van der Waals surface area contributed by atoms with Crippen molar-refractivity contribution in [2.45, 2.75) is 30.6 Å². The first-order valence-corrected chi connectivity index (χ1v) is 10.0. The fourth-order valence-electron chi connectivity index (χ4n) is 3.27. The number of rotatable bonds is 5. The van der Waals surface area contributed by atoms with E-state index in [9.17, 15) is 18.0 Å². The molecule has 1 saturated heterocycles. The summed E-state index contributed by atoms with van der Waals surface area (Å²) in [6, 6.07) is 6.76. The van der Waals surface area contributed by atoms with Crippen molar-refractivity contribution in [2.75, 3.05) is 19.6 Å². The number of amides is 1. The van der Waals surface area contributed by atoms with E-state index in [4.69, 9.17) is 5.11 Å². The van der Waals surface area contributed by atoms with E-state index < -0.39 is 16.0 Å². The van der Waals surface area contributed by atoms with E-state index in [1.807, 2.05) is 4.90 Å². The highest BCUT2D eigenvalue weighted by atomic mass is 32.2. The number of amidine groups is 1. The Morgan fingerprint density at radius 2 is 1.92 bits per heavy atom. The van der Waals surface area contributed by atoms with Gasteiger partial charge in [-0.1, -0.05) is 12.1 Å². The maximum Gasteiger partial charge on any atom is 0.303 e. The molecular weight excluding hydrogens is 358 g/mol. The number of likely N-dealkylation sites (tertiary alicyclic amines) is 1. The van der Waals surface area contributed by atoms with Gasteiger partial charge in [0, 0.05) is 37.5 Å². The molecule has 2 N–H and O–H groups in total. The van der Waals surface area contributed by atoms with Crippen LogP contribution in [-0.2, 0) is 19.6 Å². The molecule has 0 aliphatic carbocycles. The zero-order valence-electron chi connectivity index (χ0n) is 14.2. The lowest BCUT2D eigenvalue weighted by Gasteiger charge is -2.32. The van der Waals surface area contributed by atoms with E-state index in [-0.39, 0.29) is 23.1 Å². The highest BCUT2D eigenvalue weighted by molar-refractivity contribution is 7.90. The van der Waals surface area contributed by atoms with Crippen molar-refractivity contribution >= 4 is 27.7 Å². The number of nitrogens with zero attached hydrogens (tertiary/aromatic N) is 2. The minimum atomic E-state index is -3.64. The molecule has 2 aliphatic rings. The SMILES string of the molecule is O=C(O)CCCNC(=O)C1CCN(C2=NS(=O)(=O)c3ccccc32)CC1. The molecule has 3 rings (SSSR count). The van der Waals surface area contributed by atoms with Crippen LogP contribution in [0.3, 0.4) is 0 Å². The van der Waals surface area contributed by atoms with Crippen LogP contribution in [0.25, 0.3) is 0 Å². The Bertz CT molecular complexity index is 842. The molecule has 0 bridgehead atoms. The molecular formula is C17H21N3O5S. The van der Waals surface area contributed by atoms with Crippen molar-refractivity contribution in [3.63, 3.8) is 0 Å². The lowest BCUT2D eigenvalue weighted by Crippen LogP contribution is -2.43. The maximum absolute atomic E-state index is 12.2. The molecule has 0 atom stereocenters. The summed E-state index contributed by atoms with van der Waals surface area (Å²) in [5.41, 5.74) is 0.615. The molecule has 0 saturated carbocycles. The Balaban J connectivity index is 1.56. The van der Waals surface area contributed by atoms with Crippen molar-refractivity contribution in [2.24, 2.45) is 10.3 Å². The number of carbonyl (C=O) groups excluding carboxylic acids is 1. The van der Waals surface area contributed by atoms with E-state index in [1.165, 1.54) is 0 Å². The van der Waals surface area contributed by atoms with Gasteiger partial charge in [0.05, 0.1) is 0 Å². The lowest BCUT2D eigenvalue weighted by atomic mass is 9.95. The van der Waals surface area contributed by atoms with Gasteiger partial charge >= 0.3 is 5.97 Å². The molecule has 1 aromatic carbocycles. The van der Waals surface area contributed by atoms with Crippen LogP contribution < -0.4 is 5.32 Å². The third-order valence-electron chi connectivity index (χ3n) is 4.64. The number of aliphatic carboxylic acids is 1. The number of hydrogen-bond donors (Lipinski definition) is 2. The second-order valence-electron chi connectivity index (χ2n) is 6.44. The highest BCUT2D eigenvalue weighted by Gasteiger charge is 2.34. The molecule has 1 fully saturated rings. The van der Waals surface area contributed by atoms with Gasteiger partial charge in [-0.2, -0.15) is 8.42 Å². The van der Waals surface area contributed by atoms with E-state index >= 15 is 0 Å². The molecule has 0 aromatic heterocycles. The van der Waals surface area contributed by atoms with E-state index in [0.29, 0.717) is 50.3 Å². The molecule has 0 spiro atoms. The Labute approximate surface area is 152 Å². The predicted molar refractivity (Wildman–Crippen MR) is 94.3 cm³/mol. The highest BCUT2D eigenvalue weighted by Crippen LogP contribution is 2.29. The van der Waals surface area contributed by atoms with Crippen LogP contribution in [0, 0.1) is 5.92 Å². The quantitative estimate of drug-likeness (QED) is 0.732. The summed E-state index contributed by atoms with van der Waals surface area (Å²) in [4.78, 5) is 24.8. The third kappa shape index (κ3) is 3.87. The Kier molecular flexibility index (Phi) is 5.26. The summed E-state index contributed by atoms with van der Waals surface area (Å²) in [7, 11) is -3.64. The number of carboxylic acids is 1. The molecule has 1 aromatic rings. The number of fused-ring (bicyclic) bond motifs is 1. The molecule has 9 heteroatoms. The van der Waals surface area contributed by atoms with Gasteiger partial charge in [0.25, 0.3) is 10.0 Å². The van der Waals surface area contributed by atoms with Gasteiger partial charge in [-0.3, -0.25) is 9.59 Å². The first-order chi connectivity index (χ1) is 12.4. The fourth-order valence-corrected chi connectivity index (χ4v) is 4.49. The van der Waals surface area contributed by atoms with Crippen molar-refractivity contribution in [3.05, 3.63) is 29.8 Å². The van der Waals surface area contributed by atoms with Gasteiger partial charge in [0.2, 0.25) is 5.91 Å². The van der Waals surface area contributed by atoms with E-state index in [1.54, 1.807) is 24.3 Å². The molecule has 2 aliphatic heterocycles. The minimum Gasteiger partial charge on any atom is -0.481 e. The van der Waals surface area contributed by atoms with E-state index in [0.717, 1.165) is 0 Å². The second-order valence-corrected chi connectivity index (χ2v) is 8.01. The van der Waals surface area contributed by atoms with Crippen LogP contribution in [0.5, 0.6) is 0 Å².